The van der Waals surface area contributed by atoms with Crippen LogP contribution >= 0.6 is 0 Å². The van der Waals surface area contributed by atoms with E-state index in [0.717, 1.165) is 11.1 Å². The average Bonchev–Trinajstić information content (AvgIpc) is 2.80. The van der Waals surface area contributed by atoms with E-state index in [-0.39, 0.29) is 11.7 Å². The minimum absolute atomic E-state index is 0.0226. The van der Waals surface area contributed by atoms with Gasteiger partial charge >= 0.3 is 0 Å². The molecule has 0 unspecified atom stereocenters. The number of carbonyl (C=O) groups is 2. The lowest BCUT2D eigenvalue weighted by Crippen LogP contribution is -2.26. The van der Waals surface area contributed by atoms with Crippen molar-refractivity contribution in [3.05, 3.63) is 89.0 Å². The SMILES string of the molecule is COc1cc(C=C(C(=O)Nc2ccccc2C)C(=O)Nc2ccccc2C)ccc1OC(C)C. The first-order valence-electron chi connectivity index (χ1n) is 11.1. The number of ether oxygens (including phenoxy) is 2. The van der Waals surface area contributed by atoms with E-state index in [9.17, 15) is 9.59 Å². The summed E-state index contributed by atoms with van der Waals surface area (Å²) in [4.78, 5) is 26.5. The third kappa shape index (κ3) is 6.25. The van der Waals surface area contributed by atoms with Crippen LogP contribution in [0.3, 0.4) is 0 Å². The van der Waals surface area contributed by atoms with E-state index in [1.807, 2.05) is 64.1 Å². The van der Waals surface area contributed by atoms with Gasteiger partial charge in [0.25, 0.3) is 11.8 Å². The molecule has 2 N–H and O–H groups in total. The number of rotatable bonds is 8. The van der Waals surface area contributed by atoms with Crippen molar-refractivity contribution >= 4 is 29.3 Å². The third-order valence-corrected chi connectivity index (χ3v) is 5.14. The maximum atomic E-state index is 13.3. The van der Waals surface area contributed by atoms with Crippen molar-refractivity contribution in [3.63, 3.8) is 0 Å². The molecule has 6 heteroatoms. The minimum atomic E-state index is -0.512. The Morgan fingerprint density at radius 2 is 1.32 bits per heavy atom. The maximum Gasteiger partial charge on any atom is 0.261 e. The summed E-state index contributed by atoms with van der Waals surface area (Å²) < 4.78 is 11.2. The van der Waals surface area contributed by atoms with E-state index in [2.05, 4.69) is 10.6 Å². The van der Waals surface area contributed by atoms with Crippen molar-refractivity contribution in [1.82, 2.24) is 0 Å². The minimum Gasteiger partial charge on any atom is -0.493 e. The van der Waals surface area contributed by atoms with Crippen LogP contribution in [-0.4, -0.2) is 25.0 Å². The van der Waals surface area contributed by atoms with Gasteiger partial charge in [-0.2, -0.15) is 0 Å². The van der Waals surface area contributed by atoms with Gasteiger partial charge in [-0.3, -0.25) is 9.59 Å². The lowest BCUT2D eigenvalue weighted by atomic mass is 10.1. The summed E-state index contributed by atoms with van der Waals surface area (Å²) in [6.07, 6.45) is 1.52. The van der Waals surface area contributed by atoms with Crippen LogP contribution in [0.15, 0.2) is 72.3 Å². The van der Waals surface area contributed by atoms with Crippen molar-refractivity contribution in [3.8, 4) is 11.5 Å². The van der Waals surface area contributed by atoms with Gasteiger partial charge in [-0.05, 0) is 74.7 Å². The zero-order valence-electron chi connectivity index (χ0n) is 20.1. The van der Waals surface area contributed by atoms with E-state index in [1.54, 1.807) is 43.5 Å². The molecule has 0 aromatic heterocycles. The number of carbonyl (C=O) groups excluding carboxylic acids is 2. The highest BCUT2D eigenvalue weighted by molar-refractivity contribution is 6.29. The first kappa shape index (κ1) is 24.6. The largest absolute Gasteiger partial charge is 0.493 e. The molecule has 3 aromatic rings. The van der Waals surface area contributed by atoms with Gasteiger partial charge in [-0.1, -0.05) is 42.5 Å². The molecule has 0 atom stereocenters. The number of benzene rings is 3. The van der Waals surface area contributed by atoms with Gasteiger partial charge in [-0.15, -0.1) is 0 Å². The average molecular weight is 459 g/mol. The maximum absolute atomic E-state index is 13.3. The van der Waals surface area contributed by atoms with Crippen LogP contribution in [0, 0.1) is 13.8 Å². The Hall–Kier alpha value is -4.06. The van der Waals surface area contributed by atoms with Crippen LogP contribution in [0.5, 0.6) is 11.5 Å². The molecular weight excluding hydrogens is 428 g/mol. The smallest absolute Gasteiger partial charge is 0.261 e. The summed E-state index contributed by atoms with van der Waals surface area (Å²) in [5.74, 6) is 0.0778. The van der Waals surface area contributed by atoms with Crippen LogP contribution in [0.25, 0.3) is 6.08 Å². The Morgan fingerprint density at radius 3 is 1.79 bits per heavy atom. The van der Waals surface area contributed by atoms with E-state index in [4.69, 9.17) is 9.47 Å². The second-order valence-corrected chi connectivity index (χ2v) is 8.17. The number of hydrogen-bond acceptors (Lipinski definition) is 4. The Kier molecular flexibility index (Phi) is 8.09. The normalized spacial score (nSPS) is 10.4. The van der Waals surface area contributed by atoms with E-state index >= 15 is 0 Å². The Balaban J connectivity index is 1.99. The quantitative estimate of drug-likeness (QED) is 0.256. The zero-order chi connectivity index (χ0) is 24.7. The van der Waals surface area contributed by atoms with Crippen LogP contribution in [0.1, 0.15) is 30.5 Å². The lowest BCUT2D eigenvalue weighted by Gasteiger charge is -2.15. The highest BCUT2D eigenvalue weighted by Crippen LogP contribution is 2.30. The molecule has 0 aliphatic rings. The van der Waals surface area contributed by atoms with Crippen LogP contribution in [0.2, 0.25) is 0 Å². The molecule has 0 aliphatic heterocycles. The number of amides is 2. The number of anilines is 2. The van der Waals surface area contributed by atoms with Crippen molar-refractivity contribution in [2.24, 2.45) is 0 Å². The summed E-state index contributed by atoms with van der Waals surface area (Å²) in [5, 5.41) is 5.71. The topological polar surface area (TPSA) is 76.7 Å². The monoisotopic (exact) mass is 458 g/mol. The molecule has 0 radical (unpaired) electrons. The number of methoxy groups -OCH3 is 1. The van der Waals surface area contributed by atoms with Crippen molar-refractivity contribution in [2.45, 2.75) is 33.8 Å². The van der Waals surface area contributed by atoms with Gasteiger partial charge < -0.3 is 20.1 Å². The predicted molar refractivity (Wildman–Crippen MR) is 136 cm³/mol. The molecule has 0 aliphatic carbocycles. The summed E-state index contributed by atoms with van der Waals surface area (Å²) in [6.45, 7) is 7.64. The van der Waals surface area contributed by atoms with E-state index in [0.29, 0.717) is 28.4 Å². The molecule has 0 heterocycles. The van der Waals surface area contributed by atoms with Gasteiger partial charge in [0.1, 0.15) is 5.57 Å². The Bertz CT molecular complexity index is 1150. The summed E-state index contributed by atoms with van der Waals surface area (Å²) in [6, 6.07) is 20.1. The van der Waals surface area contributed by atoms with Gasteiger partial charge in [0.05, 0.1) is 13.2 Å². The molecule has 176 valence electrons. The number of aryl methyl sites for hydroxylation is 2. The first-order valence-corrected chi connectivity index (χ1v) is 11.1. The molecule has 0 saturated carbocycles. The number of para-hydroxylation sites is 2. The molecule has 3 rings (SSSR count). The van der Waals surface area contributed by atoms with Gasteiger partial charge in [0, 0.05) is 11.4 Å². The standard InChI is InChI=1S/C28H30N2O4/c1-18(2)34-25-15-14-21(17-26(25)33-5)16-22(27(31)29-23-12-8-6-10-19(23)3)28(32)30-24-13-9-7-11-20(24)4/h6-18H,1-5H3,(H,29,31)(H,30,32). The molecule has 0 spiro atoms. The van der Waals surface area contributed by atoms with Crippen molar-refractivity contribution < 1.29 is 19.1 Å². The highest BCUT2D eigenvalue weighted by Gasteiger charge is 2.20. The third-order valence-electron chi connectivity index (χ3n) is 5.14. The molecule has 0 bridgehead atoms. The van der Waals surface area contributed by atoms with E-state index < -0.39 is 11.8 Å². The van der Waals surface area contributed by atoms with Crippen molar-refractivity contribution in [2.75, 3.05) is 17.7 Å². The highest BCUT2D eigenvalue weighted by atomic mass is 16.5. The second kappa shape index (κ2) is 11.2. The number of hydrogen-bond donors (Lipinski definition) is 2. The summed E-state index contributed by atoms with van der Waals surface area (Å²) in [7, 11) is 1.55. The molecule has 2 amide bonds. The molecule has 34 heavy (non-hydrogen) atoms. The van der Waals surface area contributed by atoms with Gasteiger partial charge in [-0.25, -0.2) is 0 Å². The molecule has 6 nitrogen and oxygen atoms in total. The Labute approximate surface area is 200 Å². The number of nitrogens with one attached hydrogen (secondary N) is 2. The molecule has 3 aromatic carbocycles. The summed E-state index contributed by atoms with van der Waals surface area (Å²) in [5.41, 5.74) is 3.66. The zero-order valence-corrected chi connectivity index (χ0v) is 20.1. The second-order valence-electron chi connectivity index (χ2n) is 8.17. The van der Waals surface area contributed by atoms with Gasteiger partial charge in [0.15, 0.2) is 11.5 Å². The fraction of sp³-hybridized carbons (Fsp3) is 0.214. The molecular formula is C28H30N2O4. The summed E-state index contributed by atoms with van der Waals surface area (Å²) >= 11 is 0. The molecule has 0 fully saturated rings. The molecule has 0 saturated heterocycles. The van der Waals surface area contributed by atoms with Crippen molar-refractivity contribution in [1.29, 1.82) is 0 Å². The first-order chi connectivity index (χ1) is 16.3. The Morgan fingerprint density at radius 1 is 0.794 bits per heavy atom. The van der Waals surface area contributed by atoms with Crippen LogP contribution in [0.4, 0.5) is 11.4 Å². The predicted octanol–water partition coefficient (Wildman–Crippen LogP) is 5.76. The van der Waals surface area contributed by atoms with Crippen LogP contribution < -0.4 is 20.1 Å². The van der Waals surface area contributed by atoms with E-state index in [1.165, 1.54) is 0 Å². The fourth-order valence-corrected chi connectivity index (χ4v) is 3.33. The fourth-order valence-electron chi connectivity index (χ4n) is 3.33. The van der Waals surface area contributed by atoms with Gasteiger partial charge in [0.2, 0.25) is 0 Å². The lowest BCUT2D eigenvalue weighted by molar-refractivity contribution is -0.118. The van der Waals surface area contributed by atoms with Crippen LogP contribution in [-0.2, 0) is 9.59 Å².